The number of pyridine rings is 1. The Hall–Kier alpha value is -1.01. The molecule has 0 aromatic carbocycles. The average Bonchev–Trinajstić information content (AvgIpc) is 2.63. The summed E-state index contributed by atoms with van der Waals surface area (Å²) in [6.45, 7) is 15.6. The molecule has 5 heteroatoms. The molecule has 1 N–H and O–H groups in total. The van der Waals surface area contributed by atoms with Crippen LogP contribution in [0.4, 0.5) is 0 Å². The minimum absolute atomic E-state index is 0.530. The normalized spacial score (nSPS) is 27.7. The molecule has 0 amide bonds. The van der Waals surface area contributed by atoms with E-state index in [4.69, 9.17) is 4.98 Å². The van der Waals surface area contributed by atoms with Crippen LogP contribution in [0.15, 0.2) is 6.07 Å². The van der Waals surface area contributed by atoms with Crippen LogP contribution in [0.5, 0.6) is 0 Å². The Morgan fingerprint density at radius 3 is 1.82 bits per heavy atom. The van der Waals surface area contributed by atoms with Gasteiger partial charge in [0.2, 0.25) is 0 Å². The Morgan fingerprint density at radius 1 is 0.818 bits per heavy atom. The molecule has 0 atom stereocenters. The quantitative estimate of drug-likeness (QED) is 0.798. The second-order valence-electron chi connectivity index (χ2n) is 8.62. The fourth-order valence-corrected chi connectivity index (χ4v) is 4.20. The van der Waals surface area contributed by atoms with Gasteiger partial charge in [0.1, 0.15) is 0 Å². The number of hydroxylamine groups is 4. The van der Waals surface area contributed by atoms with Gasteiger partial charge in [-0.05, 0) is 72.6 Å². The summed E-state index contributed by atoms with van der Waals surface area (Å²) in [4.78, 5) is 4.89. The highest BCUT2D eigenvalue weighted by atomic mass is 16.5. The predicted octanol–water partition coefficient (Wildman–Crippen LogP) is 3.39. The molecule has 0 unspecified atom stereocenters. The average molecular weight is 304 g/mol. The van der Waals surface area contributed by atoms with Gasteiger partial charge in [0.25, 0.3) is 0 Å². The second-order valence-corrected chi connectivity index (χ2v) is 8.62. The molecule has 22 heavy (non-hydrogen) atoms. The van der Waals surface area contributed by atoms with Gasteiger partial charge in [0.05, 0.1) is 33.5 Å². The lowest BCUT2D eigenvalue weighted by Gasteiger charge is -2.34. The highest BCUT2D eigenvalue weighted by Crippen LogP contribution is 2.53. The number of rotatable bonds is 0. The lowest BCUT2D eigenvalue weighted by molar-refractivity contribution is -0.266. The van der Waals surface area contributed by atoms with Crippen LogP contribution in [0.3, 0.4) is 0 Å². The van der Waals surface area contributed by atoms with Gasteiger partial charge in [0.15, 0.2) is 0 Å². The van der Waals surface area contributed by atoms with E-state index in [2.05, 4.69) is 6.07 Å². The van der Waals surface area contributed by atoms with E-state index in [1.165, 1.54) is 5.06 Å². The zero-order valence-corrected chi connectivity index (χ0v) is 14.8. The number of aromatic nitrogens is 1. The first-order valence-electron chi connectivity index (χ1n) is 7.80. The molecule has 3 rings (SSSR count). The molecule has 0 fully saturated rings. The minimum atomic E-state index is -0.670. The van der Waals surface area contributed by atoms with Crippen LogP contribution < -0.4 is 0 Å². The molecule has 3 heterocycles. The van der Waals surface area contributed by atoms with Crippen molar-refractivity contribution in [3.05, 3.63) is 28.6 Å². The molecule has 121 valence electrons. The molecular weight excluding hydrogens is 278 g/mol. The van der Waals surface area contributed by atoms with E-state index in [0.29, 0.717) is 0 Å². The van der Waals surface area contributed by atoms with E-state index in [0.717, 1.165) is 27.6 Å². The first kappa shape index (κ1) is 15.9. The zero-order chi connectivity index (χ0) is 16.9. The first-order valence-corrected chi connectivity index (χ1v) is 7.80. The van der Waals surface area contributed by atoms with Gasteiger partial charge < -0.3 is 5.21 Å². The van der Waals surface area contributed by atoms with Crippen molar-refractivity contribution in [1.82, 2.24) is 15.1 Å². The van der Waals surface area contributed by atoms with Gasteiger partial charge in [-0.2, -0.15) is 5.06 Å². The summed E-state index contributed by atoms with van der Waals surface area (Å²) in [6.07, 6.45) is 0. The van der Waals surface area contributed by atoms with Crippen molar-refractivity contribution in [3.63, 3.8) is 0 Å². The molecule has 0 spiro atoms. The van der Waals surface area contributed by atoms with E-state index in [9.17, 15) is 10.4 Å². The van der Waals surface area contributed by atoms with Crippen molar-refractivity contribution < 1.29 is 10.4 Å². The molecule has 0 bridgehead atoms. The molecule has 1 aromatic rings. The lowest BCUT2D eigenvalue weighted by Crippen LogP contribution is -2.43. The molecule has 1 radical (unpaired) electrons. The van der Waals surface area contributed by atoms with Crippen LogP contribution in [0.2, 0.25) is 0 Å². The van der Waals surface area contributed by atoms with Crippen molar-refractivity contribution in [2.24, 2.45) is 0 Å². The molecule has 0 saturated heterocycles. The number of fused-ring (bicyclic) bond motifs is 2. The summed E-state index contributed by atoms with van der Waals surface area (Å²) in [6, 6.07) is 2.08. The van der Waals surface area contributed by atoms with Crippen molar-refractivity contribution >= 4 is 0 Å². The summed E-state index contributed by atoms with van der Waals surface area (Å²) in [7, 11) is 0. The maximum atomic E-state index is 12.7. The van der Waals surface area contributed by atoms with E-state index in [1.807, 2.05) is 55.4 Å². The van der Waals surface area contributed by atoms with Gasteiger partial charge in [-0.15, -0.1) is 10.3 Å². The van der Waals surface area contributed by atoms with E-state index < -0.39 is 22.2 Å². The van der Waals surface area contributed by atoms with Crippen molar-refractivity contribution in [2.45, 2.75) is 77.5 Å². The SMILES string of the molecule is CC1(C)c2cc3c(nc2C(C)(C)N1[O])C(C)(C)N(O)C3(C)C. The van der Waals surface area contributed by atoms with Crippen LogP contribution in [-0.2, 0) is 27.4 Å². The molecule has 1 aromatic heterocycles. The minimum Gasteiger partial charge on any atom is -0.312 e. The zero-order valence-electron chi connectivity index (χ0n) is 14.8. The third-order valence-electron chi connectivity index (χ3n) is 5.57. The Balaban J connectivity index is 2.36. The van der Waals surface area contributed by atoms with Crippen LogP contribution >= 0.6 is 0 Å². The maximum Gasteiger partial charge on any atom is 0.0870 e. The van der Waals surface area contributed by atoms with Crippen molar-refractivity contribution in [3.8, 4) is 0 Å². The Kier molecular flexibility index (Phi) is 2.81. The fraction of sp³-hybridized carbons (Fsp3) is 0.706. The molecule has 5 nitrogen and oxygen atoms in total. The number of hydrogen-bond donors (Lipinski definition) is 1. The Bertz CT molecular complexity index is 554. The maximum absolute atomic E-state index is 12.7. The largest absolute Gasteiger partial charge is 0.312 e. The molecule has 2 aliphatic rings. The number of nitrogens with zero attached hydrogens (tertiary/aromatic N) is 3. The summed E-state index contributed by atoms with van der Waals surface area (Å²) >= 11 is 0. The Labute approximate surface area is 132 Å². The standard InChI is InChI=1S/C17H26N3O2/c1-14(2)10-9-11-13(17(7,8)20(22)15(11,3)4)18-12(10)16(5,6)19(14)21/h9,21H,1-8H3. The van der Waals surface area contributed by atoms with Gasteiger partial charge >= 0.3 is 0 Å². The van der Waals surface area contributed by atoms with Crippen molar-refractivity contribution in [2.75, 3.05) is 0 Å². The monoisotopic (exact) mass is 304 g/mol. The predicted molar refractivity (Wildman–Crippen MR) is 82.5 cm³/mol. The molecule has 0 aliphatic carbocycles. The van der Waals surface area contributed by atoms with Gasteiger partial charge in [-0.1, -0.05) is 0 Å². The first-order chi connectivity index (χ1) is 9.76. The van der Waals surface area contributed by atoms with Crippen LogP contribution in [-0.4, -0.2) is 20.3 Å². The van der Waals surface area contributed by atoms with Gasteiger partial charge in [-0.25, -0.2) is 0 Å². The summed E-state index contributed by atoms with van der Waals surface area (Å²) in [5.74, 6) is 0. The highest BCUT2D eigenvalue weighted by molar-refractivity contribution is 5.48. The topological polar surface area (TPSA) is 59.5 Å². The summed E-state index contributed by atoms with van der Waals surface area (Å²) < 4.78 is 0. The third-order valence-corrected chi connectivity index (χ3v) is 5.57. The smallest absolute Gasteiger partial charge is 0.0870 e. The van der Waals surface area contributed by atoms with E-state index in [-0.39, 0.29) is 0 Å². The van der Waals surface area contributed by atoms with Crippen LogP contribution in [0, 0.1) is 0 Å². The van der Waals surface area contributed by atoms with Gasteiger partial charge in [-0.3, -0.25) is 4.98 Å². The third kappa shape index (κ3) is 1.55. The van der Waals surface area contributed by atoms with Gasteiger partial charge in [0, 0.05) is 0 Å². The van der Waals surface area contributed by atoms with Crippen LogP contribution in [0.1, 0.15) is 77.9 Å². The summed E-state index contributed by atoms with van der Waals surface area (Å²) in [5.41, 5.74) is 1.24. The van der Waals surface area contributed by atoms with Crippen LogP contribution in [0.25, 0.3) is 0 Å². The van der Waals surface area contributed by atoms with E-state index >= 15 is 0 Å². The molecular formula is C17H26N3O2. The Morgan fingerprint density at radius 2 is 1.27 bits per heavy atom. The molecule has 0 saturated carbocycles. The lowest BCUT2D eigenvalue weighted by atomic mass is 9.87. The summed E-state index contributed by atoms with van der Waals surface area (Å²) in [5, 5.41) is 25.9. The molecule has 2 aliphatic heterocycles. The van der Waals surface area contributed by atoms with E-state index in [1.54, 1.807) is 0 Å². The fourth-order valence-electron chi connectivity index (χ4n) is 4.20. The number of hydrogen-bond acceptors (Lipinski definition) is 4. The highest BCUT2D eigenvalue weighted by Gasteiger charge is 2.56. The second kappa shape index (κ2) is 3.90. The van der Waals surface area contributed by atoms with Crippen molar-refractivity contribution in [1.29, 1.82) is 0 Å².